The van der Waals surface area contributed by atoms with Crippen molar-refractivity contribution in [3.05, 3.63) is 0 Å². The Balaban J connectivity index is 2.15. The van der Waals surface area contributed by atoms with Crippen molar-refractivity contribution in [3.63, 3.8) is 0 Å². The van der Waals surface area contributed by atoms with Gasteiger partial charge in [0.15, 0.2) is 0 Å². The van der Waals surface area contributed by atoms with Gasteiger partial charge in [0.2, 0.25) is 0 Å². The Labute approximate surface area is 90.1 Å². The number of aliphatic carboxylic acids is 1. The molecule has 2 heterocycles. The molecule has 0 saturated carbocycles. The summed E-state index contributed by atoms with van der Waals surface area (Å²) in [6.07, 6.45) is 0.0661. The summed E-state index contributed by atoms with van der Waals surface area (Å²) in [5.74, 6) is -1.15. The molecule has 0 radical (unpaired) electrons. The summed E-state index contributed by atoms with van der Waals surface area (Å²) in [5, 5.41) is 9.23. The van der Waals surface area contributed by atoms with E-state index in [4.69, 9.17) is 9.66 Å². The number of fused-ring (bicyclic) bond motifs is 2. The Bertz CT molecular complexity index is 446. The zero-order valence-electron chi connectivity index (χ0n) is 7.81. The first-order chi connectivity index (χ1) is 7.29. The van der Waals surface area contributed by atoms with Crippen LogP contribution in [0.2, 0.25) is 0 Å². The number of amides is 2. The number of hydrogen-bond donors (Lipinski definition) is 2. The van der Waals surface area contributed by atoms with E-state index in [0.29, 0.717) is 5.06 Å². The molecule has 2 amide bonds. The van der Waals surface area contributed by atoms with Gasteiger partial charge in [-0.05, 0) is 0 Å². The van der Waals surface area contributed by atoms with Crippen molar-refractivity contribution >= 4 is 22.4 Å². The molecule has 16 heavy (non-hydrogen) atoms. The van der Waals surface area contributed by atoms with Gasteiger partial charge in [-0.2, -0.15) is 13.5 Å². The molecule has 2 fully saturated rings. The number of urea groups is 1. The molecule has 2 rings (SSSR count). The minimum atomic E-state index is -4.77. The lowest BCUT2D eigenvalue weighted by atomic mass is 10.1. The molecule has 0 spiro atoms. The van der Waals surface area contributed by atoms with Crippen molar-refractivity contribution in [3.8, 4) is 0 Å². The van der Waals surface area contributed by atoms with E-state index in [1.807, 2.05) is 0 Å². The molecule has 2 bridgehead atoms. The predicted octanol–water partition coefficient (Wildman–Crippen LogP) is -1.32. The second-order valence-corrected chi connectivity index (χ2v) is 4.51. The first kappa shape index (κ1) is 11.1. The number of carbonyl (C=O) groups is 2. The van der Waals surface area contributed by atoms with Crippen LogP contribution in [0.5, 0.6) is 0 Å². The lowest BCUT2D eigenvalue weighted by Crippen LogP contribution is -2.48. The minimum Gasteiger partial charge on any atom is -0.480 e. The molecule has 2 aliphatic heterocycles. The van der Waals surface area contributed by atoms with E-state index < -0.39 is 34.5 Å². The van der Waals surface area contributed by atoms with Crippen molar-refractivity contribution in [2.45, 2.75) is 18.5 Å². The Kier molecular flexibility index (Phi) is 2.29. The van der Waals surface area contributed by atoms with Gasteiger partial charge in [0.25, 0.3) is 0 Å². The number of carbonyl (C=O) groups excluding carboxylic acids is 1. The first-order valence-electron chi connectivity index (χ1n) is 4.29. The maximum absolute atomic E-state index is 11.4. The largest absolute Gasteiger partial charge is 0.480 e. The number of nitrogens with zero attached hydrogens (tertiary/aromatic N) is 2. The highest BCUT2D eigenvalue weighted by Gasteiger charge is 2.53. The summed E-state index contributed by atoms with van der Waals surface area (Å²) in [6.45, 7) is 0.0747. The molecule has 2 atom stereocenters. The van der Waals surface area contributed by atoms with Gasteiger partial charge >= 0.3 is 22.4 Å². The highest BCUT2D eigenvalue weighted by molar-refractivity contribution is 7.80. The van der Waals surface area contributed by atoms with Crippen LogP contribution in [-0.2, 0) is 19.5 Å². The van der Waals surface area contributed by atoms with Crippen LogP contribution in [0.25, 0.3) is 0 Å². The highest BCUT2D eigenvalue weighted by Crippen LogP contribution is 2.32. The van der Waals surface area contributed by atoms with Crippen LogP contribution in [0.3, 0.4) is 0 Å². The fraction of sp³-hybridized carbons (Fsp3) is 0.667. The summed E-state index contributed by atoms with van der Waals surface area (Å²) in [7, 11) is -4.77. The van der Waals surface area contributed by atoms with Crippen LogP contribution in [0, 0.1) is 0 Å². The van der Waals surface area contributed by atoms with Crippen LogP contribution < -0.4 is 0 Å². The molecule has 0 aromatic heterocycles. The Morgan fingerprint density at radius 2 is 2.12 bits per heavy atom. The van der Waals surface area contributed by atoms with Gasteiger partial charge in [0.1, 0.15) is 6.04 Å². The van der Waals surface area contributed by atoms with Crippen LogP contribution in [-0.4, -0.2) is 58.7 Å². The quantitative estimate of drug-likeness (QED) is 0.597. The monoisotopic (exact) mass is 252 g/mol. The second-order valence-electron chi connectivity index (χ2n) is 3.51. The standard InChI is InChI=1S/C6H8N2O7S/c9-5(10)4-1-3-2-7(4)6(11)8(3)15-16(12,13)14/h3-4H,1-2H2,(H,9,10)(H,12,13,14)/t3-,4-/m1/s1. The molecular weight excluding hydrogens is 244 g/mol. The van der Waals surface area contributed by atoms with Gasteiger partial charge in [-0.1, -0.05) is 0 Å². The van der Waals surface area contributed by atoms with E-state index in [-0.39, 0.29) is 13.0 Å². The summed E-state index contributed by atoms with van der Waals surface area (Å²) in [5.41, 5.74) is 0. The molecule has 2 saturated heterocycles. The topological polar surface area (TPSA) is 124 Å². The van der Waals surface area contributed by atoms with Gasteiger partial charge in [-0.3, -0.25) is 4.55 Å². The maximum Gasteiger partial charge on any atom is 0.418 e. The molecule has 0 aromatic rings. The van der Waals surface area contributed by atoms with Crippen LogP contribution in [0.4, 0.5) is 4.79 Å². The lowest BCUT2D eigenvalue weighted by Gasteiger charge is -2.27. The zero-order chi connectivity index (χ0) is 12.1. The third-order valence-electron chi connectivity index (χ3n) is 2.50. The number of rotatable bonds is 3. The van der Waals surface area contributed by atoms with Gasteiger partial charge in [0.05, 0.1) is 6.04 Å². The number of carboxylic acid groups (broad SMARTS) is 1. The van der Waals surface area contributed by atoms with E-state index in [1.54, 1.807) is 0 Å². The highest BCUT2D eigenvalue weighted by atomic mass is 32.3. The first-order valence-corrected chi connectivity index (χ1v) is 5.66. The number of hydrogen-bond acceptors (Lipinski definition) is 5. The Morgan fingerprint density at radius 1 is 1.50 bits per heavy atom. The normalized spacial score (nSPS) is 28.9. The van der Waals surface area contributed by atoms with Crippen molar-refractivity contribution in [2.24, 2.45) is 0 Å². The lowest BCUT2D eigenvalue weighted by molar-refractivity contribution is -0.143. The number of carboxylic acids is 1. The average molecular weight is 252 g/mol. The van der Waals surface area contributed by atoms with Crippen molar-refractivity contribution < 1.29 is 31.9 Å². The minimum absolute atomic E-state index is 0.0661. The fourth-order valence-corrected chi connectivity index (χ4v) is 2.29. The number of hydroxylamine groups is 2. The smallest absolute Gasteiger partial charge is 0.418 e. The van der Waals surface area contributed by atoms with E-state index in [0.717, 1.165) is 4.90 Å². The van der Waals surface area contributed by atoms with E-state index in [1.165, 1.54) is 0 Å². The van der Waals surface area contributed by atoms with Crippen LogP contribution in [0.15, 0.2) is 0 Å². The van der Waals surface area contributed by atoms with Gasteiger partial charge in [-0.15, -0.1) is 4.28 Å². The van der Waals surface area contributed by atoms with E-state index in [2.05, 4.69) is 4.28 Å². The molecule has 0 unspecified atom stereocenters. The van der Waals surface area contributed by atoms with Gasteiger partial charge in [0, 0.05) is 13.0 Å². The fourth-order valence-electron chi connectivity index (χ4n) is 1.91. The molecule has 0 aliphatic carbocycles. The average Bonchev–Trinajstić information content (AvgIpc) is 2.64. The van der Waals surface area contributed by atoms with E-state index >= 15 is 0 Å². The third kappa shape index (κ3) is 1.70. The predicted molar refractivity (Wildman–Crippen MR) is 46.4 cm³/mol. The Morgan fingerprint density at radius 3 is 2.56 bits per heavy atom. The van der Waals surface area contributed by atoms with Gasteiger partial charge in [-0.25, -0.2) is 9.59 Å². The van der Waals surface area contributed by atoms with E-state index in [9.17, 15) is 18.0 Å². The molecule has 2 aliphatic rings. The molecule has 90 valence electrons. The van der Waals surface area contributed by atoms with Crippen molar-refractivity contribution in [1.29, 1.82) is 0 Å². The summed E-state index contributed by atoms with van der Waals surface area (Å²) in [6, 6.07) is -2.50. The molecule has 10 heteroatoms. The van der Waals surface area contributed by atoms with Crippen LogP contribution >= 0.6 is 0 Å². The molecule has 2 N–H and O–H groups in total. The third-order valence-corrected chi connectivity index (χ3v) is 2.85. The van der Waals surface area contributed by atoms with Gasteiger partial charge < -0.3 is 10.0 Å². The second kappa shape index (κ2) is 3.30. The summed E-state index contributed by atoms with van der Waals surface area (Å²) < 4.78 is 33.3. The Hall–Kier alpha value is -1.39. The van der Waals surface area contributed by atoms with Crippen molar-refractivity contribution in [2.75, 3.05) is 6.54 Å². The van der Waals surface area contributed by atoms with Crippen LogP contribution in [0.1, 0.15) is 6.42 Å². The molecule has 0 aromatic carbocycles. The zero-order valence-corrected chi connectivity index (χ0v) is 8.62. The summed E-state index contributed by atoms with van der Waals surface area (Å²) >= 11 is 0. The maximum atomic E-state index is 11.4. The molecule has 9 nitrogen and oxygen atoms in total. The SMILES string of the molecule is O=C(O)[C@H]1C[C@@H]2CN1C(=O)N2OS(=O)(=O)O. The van der Waals surface area contributed by atoms with Crippen molar-refractivity contribution in [1.82, 2.24) is 9.96 Å². The molecular formula is C6H8N2O7S. The summed E-state index contributed by atoms with van der Waals surface area (Å²) in [4.78, 5) is 23.1.